The van der Waals surface area contributed by atoms with E-state index in [0.29, 0.717) is 22.7 Å². The molecule has 21 heavy (non-hydrogen) atoms. The molecule has 4 aromatic rings. The number of nitrogens with zero attached hydrogens (tertiary/aromatic N) is 3. The maximum Gasteiger partial charge on any atom is 0.262 e. The van der Waals surface area contributed by atoms with Crippen molar-refractivity contribution in [2.75, 3.05) is 0 Å². The molecule has 0 aliphatic carbocycles. The lowest BCUT2D eigenvalue weighted by atomic mass is 10.3. The summed E-state index contributed by atoms with van der Waals surface area (Å²) < 4.78 is 11.9. The van der Waals surface area contributed by atoms with Gasteiger partial charge in [0.2, 0.25) is 11.7 Å². The fourth-order valence-corrected chi connectivity index (χ4v) is 2.75. The first-order valence-electron chi connectivity index (χ1n) is 6.24. The third kappa shape index (κ3) is 2.07. The van der Waals surface area contributed by atoms with Gasteiger partial charge in [0, 0.05) is 6.20 Å². The molecule has 0 bridgehead atoms. The van der Waals surface area contributed by atoms with Crippen molar-refractivity contribution in [2.45, 2.75) is 6.54 Å². The number of fused-ring (bicyclic) bond motifs is 1. The van der Waals surface area contributed by atoms with E-state index in [9.17, 15) is 4.79 Å². The molecule has 7 heteroatoms. The molecule has 0 N–H and O–H groups in total. The van der Waals surface area contributed by atoms with Crippen molar-refractivity contribution < 1.29 is 8.94 Å². The van der Waals surface area contributed by atoms with Crippen LogP contribution in [0.5, 0.6) is 0 Å². The molecule has 0 spiro atoms. The highest BCUT2D eigenvalue weighted by molar-refractivity contribution is 7.13. The highest BCUT2D eigenvalue weighted by Gasteiger charge is 2.12. The predicted molar refractivity (Wildman–Crippen MR) is 77.2 cm³/mol. The molecule has 0 aromatic carbocycles. The van der Waals surface area contributed by atoms with Crippen molar-refractivity contribution in [1.82, 2.24) is 14.7 Å². The van der Waals surface area contributed by atoms with Crippen LogP contribution in [0.25, 0.3) is 21.7 Å². The lowest BCUT2D eigenvalue weighted by Crippen LogP contribution is -2.19. The summed E-state index contributed by atoms with van der Waals surface area (Å²) in [5.41, 5.74) is 0.429. The van der Waals surface area contributed by atoms with Gasteiger partial charge in [0.05, 0.1) is 16.5 Å². The molecular formula is C14H9N3O3S. The van der Waals surface area contributed by atoms with Gasteiger partial charge in [-0.15, -0.1) is 11.3 Å². The van der Waals surface area contributed by atoms with Gasteiger partial charge in [0.1, 0.15) is 12.1 Å². The van der Waals surface area contributed by atoms with E-state index in [0.717, 1.165) is 4.88 Å². The molecular weight excluding hydrogens is 290 g/mol. The first-order chi connectivity index (χ1) is 10.3. The van der Waals surface area contributed by atoms with Crippen LogP contribution < -0.4 is 5.56 Å². The summed E-state index contributed by atoms with van der Waals surface area (Å²) in [5.74, 6) is 0.931. The number of rotatable bonds is 3. The van der Waals surface area contributed by atoms with Gasteiger partial charge in [-0.05, 0) is 23.6 Å². The molecule has 4 aromatic heterocycles. The predicted octanol–water partition coefficient (Wildman–Crippen LogP) is 2.75. The van der Waals surface area contributed by atoms with Crippen LogP contribution in [0.2, 0.25) is 0 Å². The van der Waals surface area contributed by atoms with E-state index in [1.54, 1.807) is 18.3 Å². The first-order valence-corrected chi connectivity index (χ1v) is 7.12. The number of hydrogen-bond donors (Lipinski definition) is 0. The van der Waals surface area contributed by atoms with Gasteiger partial charge in [-0.2, -0.15) is 4.98 Å². The number of thiophene rings is 1. The Kier molecular flexibility index (Phi) is 2.71. The second kappa shape index (κ2) is 4.71. The van der Waals surface area contributed by atoms with E-state index >= 15 is 0 Å². The Morgan fingerprint density at radius 1 is 1.29 bits per heavy atom. The van der Waals surface area contributed by atoms with E-state index in [1.165, 1.54) is 22.2 Å². The van der Waals surface area contributed by atoms with Crippen LogP contribution in [0.15, 0.2) is 55.8 Å². The zero-order valence-electron chi connectivity index (χ0n) is 10.7. The molecule has 0 aliphatic rings. The third-order valence-electron chi connectivity index (χ3n) is 3.11. The molecule has 0 radical (unpaired) electrons. The Balaban J connectivity index is 1.68. The maximum atomic E-state index is 12.2. The van der Waals surface area contributed by atoms with E-state index < -0.39 is 0 Å². The molecule has 0 saturated carbocycles. The third-order valence-corrected chi connectivity index (χ3v) is 3.97. The molecule has 6 nitrogen and oxygen atoms in total. The lowest BCUT2D eigenvalue weighted by molar-refractivity contribution is 0.370. The van der Waals surface area contributed by atoms with Crippen LogP contribution >= 0.6 is 11.3 Å². The van der Waals surface area contributed by atoms with Crippen molar-refractivity contribution in [2.24, 2.45) is 0 Å². The minimum absolute atomic E-state index is 0.142. The Morgan fingerprint density at radius 2 is 2.24 bits per heavy atom. The average Bonchev–Trinajstić information content (AvgIpc) is 3.21. The van der Waals surface area contributed by atoms with Crippen LogP contribution in [0.1, 0.15) is 5.89 Å². The Hall–Kier alpha value is -2.67. The van der Waals surface area contributed by atoms with Crippen molar-refractivity contribution in [3.63, 3.8) is 0 Å². The summed E-state index contributed by atoms with van der Waals surface area (Å²) in [5, 5.41) is 6.41. The van der Waals surface area contributed by atoms with Gasteiger partial charge in [-0.3, -0.25) is 4.79 Å². The van der Waals surface area contributed by atoms with Gasteiger partial charge in [0.15, 0.2) is 0 Å². The molecule has 0 amide bonds. The van der Waals surface area contributed by atoms with Crippen molar-refractivity contribution in [1.29, 1.82) is 0 Å². The molecule has 4 rings (SSSR count). The Labute approximate surface area is 122 Å². The smallest absolute Gasteiger partial charge is 0.262 e. The van der Waals surface area contributed by atoms with E-state index in [4.69, 9.17) is 8.94 Å². The molecule has 4 heterocycles. The SMILES string of the molecule is O=c1c2ccoc2ccn1Cc1nc(-c2cccs2)no1. The van der Waals surface area contributed by atoms with Gasteiger partial charge in [0.25, 0.3) is 5.56 Å². The number of hydrogen-bond acceptors (Lipinski definition) is 6. The van der Waals surface area contributed by atoms with Crippen LogP contribution in [0.3, 0.4) is 0 Å². The summed E-state index contributed by atoms with van der Waals surface area (Å²) in [7, 11) is 0. The van der Waals surface area contributed by atoms with Crippen molar-refractivity contribution in [3.8, 4) is 10.7 Å². The standard InChI is InChI=1S/C14H9N3O3S/c18-14-9-4-6-19-10(9)3-5-17(14)8-12-15-13(16-20-12)11-2-1-7-21-11/h1-7H,8H2. The summed E-state index contributed by atoms with van der Waals surface area (Å²) in [6, 6.07) is 7.24. The second-order valence-corrected chi connectivity index (χ2v) is 5.38. The fraction of sp³-hybridized carbons (Fsp3) is 0.0714. The minimum Gasteiger partial charge on any atom is -0.464 e. The topological polar surface area (TPSA) is 74.1 Å². The van der Waals surface area contributed by atoms with E-state index in [-0.39, 0.29) is 12.1 Å². The Morgan fingerprint density at radius 3 is 3.10 bits per heavy atom. The van der Waals surface area contributed by atoms with Crippen molar-refractivity contribution >= 4 is 22.3 Å². The van der Waals surface area contributed by atoms with E-state index in [2.05, 4.69) is 10.1 Å². The molecule has 0 unspecified atom stereocenters. The number of aromatic nitrogens is 3. The largest absolute Gasteiger partial charge is 0.464 e. The van der Waals surface area contributed by atoms with Crippen LogP contribution in [-0.2, 0) is 6.54 Å². The number of pyridine rings is 1. The van der Waals surface area contributed by atoms with Crippen LogP contribution in [0, 0.1) is 0 Å². The molecule has 0 fully saturated rings. The van der Waals surface area contributed by atoms with Gasteiger partial charge < -0.3 is 13.5 Å². The lowest BCUT2D eigenvalue weighted by Gasteiger charge is -2.00. The first kappa shape index (κ1) is 12.1. The fourth-order valence-electron chi connectivity index (χ4n) is 2.10. The van der Waals surface area contributed by atoms with Gasteiger partial charge in [-0.25, -0.2) is 0 Å². The summed E-state index contributed by atoms with van der Waals surface area (Å²) in [6.07, 6.45) is 3.15. The average molecular weight is 299 g/mol. The summed E-state index contributed by atoms with van der Waals surface area (Å²) >= 11 is 1.54. The maximum absolute atomic E-state index is 12.2. The highest BCUT2D eigenvalue weighted by atomic mass is 32.1. The molecule has 0 atom stereocenters. The second-order valence-electron chi connectivity index (χ2n) is 4.44. The zero-order chi connectivity index (χ0) is 14.2. The van der Waals surface area contributed by atoms with Gasteiger partial charge in [-0.1, -0.05) is 11.2 Å². The quantitative estimate of drug-likeness (QED) is 0.581. The zero-order valence-corrected chi connectivity index (χ0v) is 11.5. The molecule has 0 saturated heterocycles. The molecule has 104 valence electrons. The monoisotopic (exact) mass is 299 g/mol. The molecule has 0 aliphatic heterocycles. The van der Waals surface area contributed by atoms with Crippen molar-refractivity contribution in [3.05, 3.63) is 58.4 Å². The van der Waals surface area contributed by atoms with Crippen LogP contribution in [-0.4, -0.2) is 14.7 Å². The van der Waals surface area contributed by atoms with E-state index in [1.807, 2.05) is 17.5 Å². The van der Waals surface area contributed by atoms with Gasteiger partial charge >= 0.3 is 0 Å². The minimum atomic E-state index is -0.142. The normalized spacial score (nSPS) is 11.2. The number of furan rings is 1. The summed E-state index contributed by atoms with van der Waals surface area (Å²) in [6.45, 7) is 0.234. The Bertz CT molecular complexity index is 949. The van der Waals surface area contributed by atoms with Crippen LogP contribution in [0.4, 0.5) is 0 Å². The highest BCUT2D eigenvalue weighted by Crippen LogP contribution is 2.21. The summed E-state index contributed by atoms with van der Waals surface area (Å²) in [4.78, 5) is 17.5.